The fourth-order valence-corrected chi connectivity index (χ4v) is 3.77. The van der Waals surface area contributed by atoms with Gasteiger partial charge in [-0.25, -0.2) is 12.8 Å². The number of halogens is 1. The molecule has 0 atom stereocenters. The Hall–Kier alpha value is -2.61. The van der Waals surface area contributed by atoms with E-state index in [1.165, 1.54) is 18.2 Å². The molecule has 0 aliphatic rings. The predicted molar refractivity (Wildman–Crippen MR) is 112 cm³/mol. The van der Waals surface area contributed by atoms with Crippen LogP contribution in [0.5, 0.6) is 5.75 Å². The van der Waals surface area contributed by atoms with Crippen LogP contribution in [0.15, 0.2) is 42.5 Å². The monoisotopic (exact) mass is 422 g/mol. The predicted octanol–water partition coefficient (Wildman–Crippen LogP) is 3.18. The van der Waals surface area contributed by atoms with Gasteiger partial charge in [0.25, 0.3) is 0 Å². The number of ether oxygens (including phenoxy) is 1. The van der Waals surface area contributed by atoms with Gasteiger partial charge in [0, 0.05) is 13.0 Å². The van der Waals surface area contributed by atoms with Crippen molar-refractivity contribution >= 4 is 21.6 Å². The number of para-hydroxylation sites is 1. The van der Waals surface area contributed by atoms with Gasteiger partial charge >= 0.3 is 0 Å². The first-order chi connectivity index (χ1) is 13.7. The second-order valence-electron chi connectivity index (χ2n) is 6.86. The van der Waals surface area contributed by atoms with Crippen LogP contribution in [-0.4, -0.2) is 40.3 Å². The van der Waals surface area contributed by atoms with E-state index < -0.39 is 15.8 Å². The van der Waals surface area contributed by atoms with Crippen LogP contribution in [0.1, 0.15) is 24.0 Å². The van der Waals surface area contributed by atoms with E-state index in [2.05, 4.69) is 5.32 Å². The summed E-state index contributed by atoms with van der Waals surface area (Å²) in [6, 6.07) is 11.6. The van der Waals surface area contributed by atoms with Gasteiger partial charge in [0.1, 0.15) is 18.2 Å². The summed E-state index contributed by atoms with van der Waals surface area (Å²) in [5.41, 5.74) is 2.10. The molecule has 0 aliphatic carbocycles. The Morgan fingerprint density at radius 2 is 1.90 bits per heavy atom. The normalized spacial score (nSPS) is 11.2. The molecular weight excluding hydrogens is 395 g/mol. The molecule has 29 heavy (non-hydrogen) atoms. The lowest BCUT2D eigenvalue weighted by molar-refractivity contribution is -0.121. The fourth-order valence-electron chi connectivity index (χ4n) is 2.80. The lowest BCUT2D eigenvalue weighted by Crippen LogP contribution is -2.33. The minimum Gasteiger partial charge on any atom is -0.491 e. The minimum atomic E-state index is -3.66. The summed E-state index contributed by atoms with van der Waals surface area (Å²) in [7, 11) is -3.66. The highest BCUT2D eigenvalue weighted by Crippen LogP contribution is 2.22. The van der Waals surface area contributed by atoms with E-state index >= 15 is 0 Å². The molecule has 0 saturated heterocycles. The van der Waals surface area contributed by atoms with Crippen LogP contribution >= 0.6 is 0 Å². The van der Waals surface area contributed by atoms with Crippen molar-refractivity contribution in [3.63, 3.8) is 0 Å². The molecule has 0 bridgehead atoms. The highest BCUT2D eigenvalue weighted by atomic mass is 32.2. The number of hydrogen-bond donors (Lipinski definition) is 1. The molecule has 0 aromatic heterocycles. The number of rotatable bonds is 10. The van der Waals surface area contributed by atoms with E-state index in [1.54, 1.807) is 6.07 Å². The summed E-state index contributed by atoms with van der Waals surface area (Å²) in [6.07, 6.45) is 1.42. The molecule has 0 saturated carbocycles. The number of anilines is 1. The standard InChI is InChI=1S/C21H27FN2O4S/c1-16-10-11-17(2)20(15-16)28-14-12-23-21(25)9-6-13-24(29(3,26)27)19-8-5-4-7-18(19)22/h4-5,7-8,10-11,15H,6,9,12-14H2,1-3H3,(H,23,25). The first kappa shape index (κ1) is 22.7. The zero-order chi connectivity index (χ0) is 21.4. The lowest BCUT2D eigenvalue weighted by atomic mass is 10.1. The van der Waals surface area contributed by atoms with Gasteiger partial charge in [-0.3, -0.25) is 9.10 Å². The Kier molecular flexibility index (Phi) is 8.01. The smallest absolute Gasteiger partial charge is 0.232 e. The van der Waals surface area contributed by atoms with Crippen molar-refractivity contribution in [1.82, 2.24) is 5.32 Å². The molecule has 1 amide bonds. The topological polar surface area (TPSA) is 75.7 Å². The Labute approximate surface area is 171 Å². The van der Waals surface area contributed by atoms with Crippen LogP contribution in [0.25, 0.3) is 0 Å². The maximum Gasteiger partial charge on any atom is 0.232 e. The van der Waals surface area contributed by atoms with Crippen LogP contribution in [0.4, 0.5) is 10.1 Å². The number of sulfonamides is 1. The Morgan fingerprint density at radius 3 is 2.59 bits per heavy atom. The van der Waals surface area contributed by atoms with Crippen molar-refractivity contribution < 1.29 is 22.3 Å². The zero-order valence-electron chi connectivity index (χ0n) is 16.9. The number of nitrogens with one attached hydrogen (secondary N) is 1. The molecule has 0 unspecified atom stereocenters. The quantitative estimate of drug-likeness (QED) is 0.597. The summed E-state index contributed by atoms with van der Waals surface area (Å²) in [6.45, 7) is 4.63. The van der Waals surface area contributed by atoms with E-state index in [0.717, 1.165) is 27.4 Å². The van der Waals surface area contributed by atoms with Gasteiger partial charge in [0.2, 0.25) is 15.9 Å². The third-order valence-electron chi connectivity index (χ3n) is 4.31. The molecule has 2 rings (SSSR count). The molecule has 1 N–H and O–H groups in total. The van der Waals surface area contributed by atoms with Gasteiger partial charge in [-0.15, -0.1) is 0 Å². The number of benzene rings is 2. The van der Waals surface area contributed by atoms with Gasteiger partial charge in [-0.2, -0.15) is 0 Å². The van der Waals surface area contributed by atoms with E-state index in [1.807, 2.05) is 32.0 Å². The third kappa shape index (κ3) is 7.05. The van der Waals surface area contributed by atoms with E-state index in [9.17, 15) is 17.6 Å². The Bertz CT molecular complexity index is 947. The molecule has 0 aliphatic heterocycles. The van der Waals surface area contributed by atoms with Crippen LogP contribution in [0, 0.1) is 19.7 Å². The average Bonchev–Trinajstić information content (AvgIpc) is 2.65. The number of carbonyl (C=O) groups excluding carboxylic acids is 1. The molecule has 0 spiro atoms. The minimum absolute atomic E-state index is 0.0164. The van der Waals surface area contributed by atoms with Gasteiger partial charge in [-0.1, -0.05) is 24.3 Å². The van der Waals surface area contributed by atoms with E-state index in [0.29, 0.717) is 13.2 Å². The second-order valence-corrected chi connectivity index (χ2v) is 8.76. The molecule has 0 fully saturated rings. The maximum absolute atomic E-state index is 14.0. The number of hydrogen-bond acceptors (Lipinski definition) is 4. The van der Waals surface area contributed by atoms with Crippen LogP contribution in [-0.2, 0) is 14.8 Å². The second kappa shape index (κ2) is 10.2. The largest absolute Gasteiger partial charge is 0.491 e. The molecule has 8 heteroatoms. The van der Waals surface area contributed by atoms with Gasteiger partial charge < -0.3 is 10.1 Å². The van der Waals surface area contributed by atoms with Crippen molar-refractivity contribution in [3.8, 4) is 5.75 Å². The van der Waals surface area contributed by atoms with Crippen molar-refractivity contribution in [1.29, 1.82) is 0 Å². The SMILES string of the molecule is Cc1ccc(C)c(OCCNC(=O)CCCN(c2ccccc2F)S(C)(=O)=O)c1. The highest BCUT2D eigenvalue weighted by molar-refractivity contribution is 7.92. The molecule has 0 heterocycles. The van der Waals surface area contributed by atoms with Gasteiger partial charge in [0.05, 0.1) is 18.5 Å². The Morgan fingerprint density at radius 1 is 1.17 bits per heavy atom. The van der Waals surface area contributed by atoms with Crippen molar-refractivity contribution in [3.05, 3.63) is 59.4 Å². The molecule has 0 radical (unpaired) electrons. The number of carbonyl (C=O) groups is 1. The number of nitrogens with zero attached hydrogens (tertiary/aromatic N) is 1. The van der Waals surface area contributed by atoms with Crippen molar-refractivity contribution in [2.24, 2.45) is 0 Å². The molecule has 2 aromatic carbocycles. The van der Waals surface area contributed by atoms with E-state index in [-0.39, 0.29) is 31.0 Å². The summed E-state index contributed by atoms with van der Waals surface area (Å²) in [4.78, 5) is 12.0. The first-order valence-corrected chi connectivity index (χ1v) is 11.2. The number of aryl methyl sites for hydroxylation is 2. The first-order valence-electron chi connectivity index (χ1n) is 9.37. The van der Waals surface area contributed by atoms with Crippen LogP contribution in [0.3, 0.4) is 0 Å². The summed E-state index contributed by atoms with van der Waals surface area (Å²) >= 11 is 0. The summed E-state index contributed by atoms with van der Waals surface area (Å²) < 4.78 is 44.6. The Balaban J connectivity index is 1.78. The zero-order valence-corrected chi connectivity index (χ0v) is 17.8. The summed E-state index contributed by atoms with van der Waals surface area (Å²) in [5, 5.41) is 2.74. The maximum atomic E-state index is 14.0. The molecule has 158 valence electrons. The molecular formula is C21H27FN2O4S. The van der Waals surface area contributed by atoms with Crippen molar-refractivity contribution in [2.45, 2.75) is 26.7 Å². The molecule has 6 nitrogen and oxygen atoms in total. The van der Waals surface area contributed by atoms with Gasteiger partial charge in [-0.05, 0) is 49.6 Å². The number of amides is 1. The lowest BCUT2D eigenvalue weighted by Gasteiger charge is -2.22. The van der Waals surface area contributed by atoms with Gasteiger partial charge in [0.15, 0.2) is 0 Å². The molecule has 2 aromatic rings. The van der Waals surface area contributed by atoms with Crippen molar-refractivity contribution in [2.75, 3.05) is 30.3 Å². The highest BCUT2D eigenvalue weighted by Gasteiger charge is 2.20. The van der Waals surface area contributed by atoms with E-state index in [4.69, 9.17) is 4.74 Å². The fraction of sp³-hybridized carbons (Fsp3) is 0.381. The van der Waals surface area contributed by atoms with Crippen LogP contribution in [0.2, 0.25) is 0 Å². The summed E-state index contributed by atoms with van der Waals surface area (Å²) in [5.74, 6) is -0.0459. The third-order valence-corrected chi connectivity index (χ3v) is 5.49. The van der Waals surface area contributed by atoms with Crippen LogP contribution < -0.4 is 14.4 Å². The average molecular weight is 423 g/mol.